The van der Waals surface area contributed by atoms with Gasteiger partial charge in [-0.3, -0.25) is 5.32 Å². The van der Waals surface area contributed by atoms with Crippen molar-refractivity contribution in [3.05, 3.63) is 42.2 Å². The molecule has 2 aromatic heterocycles. The van der Waals surface area contributed by atoms with Gasteiger partial charge in [-0.25, -0.2) is 19.6 Å². The molecule has 8 heteroatoms. The summed E-state index contributed by atoms with van der Waals surface area (Å²) in [6.45, 7) is 5.37. The Hall–Kier alpha value is -3.42. The molecular weight excluding hydrogens is 350 g/mol. The van der Waals surface area contributed by atoms with Gasteiger partial charge in [0.2, 0.25) is 5.89 Å². The number of amides is 1. The number of hydrogen-bond acceptors (Lipinski definition) is 7. The Labute approximate surface area is 155 Å². The number of esters is 1. The minimum Gasteiger partial charge on any atom is -0.464 e. The first-order chi connectivity index (χ1) is 12.7. The van der Waals surface area contributed by atoms with E-state index in [2.05, 4.69) is 20.0 Å². The molecule has 0 aliphatic heterocycles. The van der Waals surface area contributed by atoms with E-state index in [0.29, 0.717) is 28.2 Å². The Balaban J connectivity index is 1.86. The average Bonchev–Trinajstić information content (AvgIpc) is 3.03. The Kier molecular flexibility index (Phi) is 4.81. The average molecular weight is 369 g/mol. The van der Waals surface area contributed by atoms with Gasteiger partial charge in [0.1, 0.15) is 16.8 Å². The van der Waals surface area contributed by atoms with Crippen LogP contribution in [0, 0.1) is 0 Å². The van der Waals surface area contributed by atoms with Crippen molar-refractivity contribution in [2.24, 2.45) is 0 Å². The van der Waals surface area contributed by atoms with Crippen LogP contribution in [0.2, 0.25) is 0 Å². The molecular formula is C19H19N3O5. The Morgan fingerprint density at radius 2 is 1.93 bits per heavy atom. The van der Waals surface area contributed by atoms with E-state index >= 15 is 0 Å². The van der Waals surface area contributed by atoms with Crippen LogP contribution in [0.3, 0.4) is 0 Å². The van der Waals surface area contributed by atoms with Gasteiger partial charge in [0, 0.05) is 17.4 Å². The van der Waals surface area contributed by atoms with Crippen molar-refractivity contribution in [3.63, 3.8) is 0 Å². The number of anilines is 1. The number of pyridine rings is 1. The summed E-state index contributed by atoms with van der Waals surface area (Å²) in [6, 6.07) is 8.27. The van der Waals surface area contributed by atoms with Gasteiger partial charge in [0.15, 0.2) is 5.58 Å². The molecule has 1 amide bonds. The number of oxazole rings is 1. The van der Waals surface area contributed by atoms with E-state index in [0.717, 1.165) is 0 Å². The summed E-state index contributed by atoms with van der Waals surface area (Å²) < 4.78 is 15.6. The molecule has 0 radical (unpaired) electrons. The van der Waals surface area contributed by atoms with Crippen LogP contribution in [-0.4, -0.2) is 34.7 Å². The van der Waals surface area contributed by atoms with E-state index in [-0.39, 0.29) is 5.69 Å². The van der Waals surface area contributed by atoms with E-state index in [4.69, 9.17) is 9.15 Å². The van der Waals surface area contributed by atoms with Crippen LogP contribution in [0.4, 0.5) is 10.5 Å². The fraction of sp³-hybridized carbons (Fsp3) is 0.263. The van der Waals surface area contributed by atoms with Crippen molar-refractivity contribution in [3.8, 4) is 11.5 Å². The Bertz CT molecular complexity index is 1000. The van der Waals surface area contributed by atoms with Gasteiger partial charge in [0.25, 0.3) is 0 Å². The third-order valence-corrected chi connectivity index (χ3v) is 3.43. The van der Waals surface area contributed by atoms with Gasteiger partial charge in [0.05, 0.1) is 7.11 Å². The second-order valence-electron chi connectivity index (χ2n) is 6.75. The number of carbonyl (C=O) groups is 2. The van der Waals surface area contributed by atoms with E-state index in [1.807, 2.05) is 0 Å². The van der Waals surface area contributed by atoms with Crippen molar-refractivity contribution < 1.29 is 23.5 Å². The third-order valence-electron chi connectivity index (χ3n) is 3.43. The Morgan fingerprint density at radius 3 is 2.63 bits per heavy atom. The van der Waals surface area contributed by atoms with Gasteiger partial charge in [-0.1, -0.05) is 0 Å². The highest BCUT2D eigenvalue weighted by Gasteiger charge is 2.17. The number of rotatable bonds is 3. The summed E-state index contributed by atoms with van der Waals surface area (Å²) in [5, 5.41) is 2.66. The lowest BCUT2D eigenvalue weighted by Crippen LogP contribution is -2.27. The SMILES string of the molecule is COC(=O)c1cc(-c2nc3cc(NC(=O)OC(C)(C)C)ccc3o2)ccn1. The fourth-order valence-corrected chi connectivity index (χ4v) is 2.33. The lowest BCUT2D eigenvalue weighted by Gasteiger charge is -2.19. The Morgan fingerprint density at radius 1 is 1.15 bits per heavy atom. The summed E-state index contributed by atoms with van der Waals surface area (Å²) in [5.74, 6) is -0.219. The zero-order chi connectivity index (χ0) is 19.6. The second kappa shape index (κ2) is 7.06. The molecule has 27 heavy (non-hydrogen) atoms. The summed E-state index contributed by atoms with van der Waals surface area (Å²) >= 11 is 0. The maximum atomic E-state index is 11.9. The molecule has 0 atom stereocenters. The summed E-state index contributed by atoms with van der Waals surface area (Å²) in [4.78, 5) is 31.9. The first kappa shape index (κ1) is 18.4. The highest BCUT2D eigenvalue weighted by atomic mass is 16.6. The minimum atomic E-state index is -0.589. The smallest absolute Gasteiger partial charge is 0.412 e. The number of hydrogen-bond donors (Lipinski definition) is 1. The van der Waals surface area contributed by atoms with E-state index in [1.54, 1.807) is 45.0 Å². The zero-order valence-corrected chi connectivity index (χ0v) is 15.4. The number of aromatic nitrogens is 2. The summed E-state index contributed by atoms with van der Waals surface area (Å²) in [6.07, 6.45) is 0.925. The second-order valence-corrected chi connectivity index (χ2v) is 6.75. The lowest BCUT2D eigenvalue weighted by atomic mass is 10.2. The summed E-state index contributed by atoms with van der Waals surface area (Å²) in [5.41, 5.74) is 1.77. The highest BCUT2D eigenvalue weighted by Crippen LogP contribution is 2.26. The number of carbonyl (C=O) groups excluding carboxylic acids is 2. The number of nitrogens with zero attached hydrogens (tertiary/aromatic N) is 2. The van der Waals surface area contributed by atoms with Crippen LogP contribution < -0.4 is 5.32 Å². The molecule has 3 rings (SSSR count). The molecule has 1 aromatic carbocycles. The molecule has 0 saturated heterocycles. The van der Waals surface area contributed by atoms with Crippen molar-refractivity contribution in [2.45, 2.75) is 26.4 Å². The molecule has 2 heterocycles. The van der Waals surface area contributed by atoms with Crippen LogP contribution in [0.25, 0.3) is 22.6 Å². The molecule has 1 N–H and O–H groups in total. The van der Waals surface area contributed by atoms with Crippen molar-refractivity contribution in [1.82, 2.24) is 9.97 Å². The topological polar surface area (TPSA) is 104 Å². The van der Waals surface area contributed by atoms with Crippen LogP contribution in [0.5, 0.6) is 0 Å². The first-order valence-electron chi connectivity index (χ1n) is 8.20. The molecule has 8 nitrogen and oxygen atoms in total. The number of benzene rings is 1. The highest BCUT2D eigenvalue weighted by molar-refractivity contribution is 5.90. The monoisotopic (exact) mass is 369 g/mol. The van der Waals surface area contributed by atoms with E-state index < -0.39 is 17.7 Å². The van der Waals surface area contributed by atoms with Gasteiger partial charge in [-0.2, -0.15) is 0 Å². The molecule has 0 saturated carbocycles. The van der Waals surface area contributed by atoms with Crippen LogP contribution in [0.1, 0.15) is 31.3 Å². The number of ether oxygens (including phenoxy) is 2. The van der Waals surface area contributed by atoms with Gasteiger partial charge in [-0.15, -0.1) is 0 Å². The van der Waals surface area contributed by atoms with Crippen LogP contribution >= 0.6 is 0 Å². The number of methoxy groups -OCH3 is 1. The largest absolute Gasteiger partial charge is 0.464 e. The van der Waals surface area contributed by atoms with E-state index in [9.17, 15) is 9.59 Å². The molecule has 0 unspecified atom stereocenters. The normalized spacial score (nSPS) is 11.3. The maximum absolute atomic E-state index is 11.9. The standard InChI is InChI=1S/C19H19N3O5/c1-19(2,3)27-18(24)21-12-5-6-15-13(10-12)22-16(26-15)11-7-8-20-14(9-11)17(23)25-4/h5-10H,1-4H3,(H,21,24). The molecule has 0 aliphatic rings. The van der Waals surface area contributed by atoms with E-state index in [1.165, 1.54) is 19.4 Å². The molecule has 0 bridgehead atoms. The van der Waals surface area contributed by atoms with Gasteiger partial charge >= 0.3 is 12.1 Å². The predicted octanol–water partition coefficient (Wildman–Crippen LogP) is 4.02. The third kappa shape index (κ3) is 4.41. The number of nitrogens with one attached hydrogen (secondary N) is 1. The quantitative estimate of drug-likeness (QED) is 0.695. The van der Waals surface area contributed by atoms with Gasteiger partial charge < -0.3 is 13.9 Å². The number of fused-ring (bicyclic) bond motifs is 1. The van der Waals surface area contributed by atoms with Crippen LogP contribution in [0.15, 0.2) is 40.9 Å². The minimum absolute atomic E-state index is 0.157. The van der Waals surface area contributed by atoms with Gasteiger partial charge in [-0.05, 0) is 51.1 Å². The van der Waals surface area contributed by atoms with Crippen molar-refractivity contribution >= 4 is 28.8 Å². The van der Waals surface area contributed by atoms with Crippen molar-refractivity contribution in [2.75, 3.05) is 12.4 Å². The molecule has 3 aromatic rings. The predicted molar refractivity (Wildman–Crippen MR) is 98.4 cm³/mol. The first-order valence-corrected chi connectivity index (χ1v) is 8.20. The summed E-state index contributed by atoms with van der Waals surface area (Å²) in [7, 11) is 1.29. The maximum Gasteiger partial charge on any atom is 0.412 e. The molecule has 140 valence electrons. The molecule has 0 spiro atoms. The molecule has 0 aliphatic carbocycles. The zero-order valence-electron chi connectivity index (χ0n) is 15.4. The van der Waals surface area contributed by atoms with Crippen LogP contribution in [-0.2, 0) is 9.47 Å². The van der Waals surface area contributed by atoms with Crippen molar-refractivity contribution in [1.29, 1.82) is 0 Å². The molecule has 0 fully saturated rings. The fourth-order valence-electron chi connectivity index (χ4n) is 2.33. The lowest BCUT2D eigenvalue weighted by molar-refractivity contribution is 0.0592.